The first-order chi connectivity index (χ1) is 18.1. The van der Waals surface area contributed by atoms with Crippen molar-refractivity contribution in [1.29, 1.82) is 0 Å². The quantitative estimate of drug-likeness (QED) is 0.407. The summed E-state index contributed by atoms with van der Waals surface area (Å²) in [5, 5.41) is 5.56. The van der Waals surface area contributed by atoms with Gasteiger partial charge in [0.05, 0.1) is 23.1 Å². The molecule has 2 amide bonds. The van der Waals surface area contributed by atoms with E-state index in [1.807, 2.05) is 4.90 Å². The number of aryl methyl sites for hydroxylation is 1. The van der Waals surface area contributed by atoms with E-state index in [2.05, 4.69) is 25.0 Å². The Labute approximate surface area is 220 Å². The number of carbonyl (C=O) groups is 2. The van der Waals surface area contributed by atoms with Gasteiger partial charge in [-0.1, -0.05) is 0 Å². The van der Waals surface area contributed by atoms with Crippen LogP contribution in [0.15, 0.2) is 36.7 Å². The molecule has 1 aliphatic rings. The Hall–Kier alpha value is -3.45. The lowest BCUT2D eigenvalue weighted by molar-refractivity contribution is -0.141. The molecule has 2 aromatic heterocycles. The van der Waals surface area contributed by atoms with Gasteiger partial charge in [-0.25, -0.2) is 9.37 Å². The van der Waals surface area contributed by atoms with Crippen molar-refractivity contribution >= 4 is 29.0 Å². The lowest BCUT2D eigenvalue weighted by atomic mass is 10.1. The Bertz CT molecular complexity index is 1280. The van der Waals surface area contributed by atoms with Gasteiger partial charge < -0.3 is 10.6 Å². The smallest absolute Gasteiger partial charge is 0.351 e. The first-order valence-corrected chi connectivity index (χ1v) is 12.8. The van der Waals surface area contributed by atoms with Gasteiger partial charge in [0.15, 0.2) is 5.69 Å². The van der Waals surface area contributed by atoms with E-state index in [4.69, 9.17) is 0 Å². The first-order valence-electron chi connectivity index (χ1n) is 12.0. The molecular formula is C25H26F4N6O2S. The third-order valence-corrected chi connectivity index (χ3v) is 6.98. The van der Waals surface area contributed by atoms with Gasteiger partial charge in [-0.15, -0.1) is 0 Å². The molecule has 2 N–H and O–H groups in total. The van der Waals surface area contributed by atoms with Gasteiger partial charge in [-0.05, 0) is 62.1 Å². The van der Waals surface area contributed by atoms with Crippen LogP contribution in [0.4, 0.5) is 23.2 Å². The van der Waals surface area contributed by atoms with E-state index in [0.29, 0.717) is 54.1 Å². The summed E-state index contributed by atoms with van der Waals surface area (Å²) in [4.78, 5) is 35.1. The van der Waals surface area contributed by atoms with Gasteiger partial charge in [-0.2, -0.15) is 17.5 Å². The minimum absolute atomic E-state index is 0.0340. The van der Waals surface area contributed by atoms with Crippen molar-refractivity contribution in [3.63, 3.8) is 0 Å². The summed E-state index contributed by atoms with van der Waals surface area (Å²) in [6, 6.07) is 6.30. The van der Waals surface area contributed by atoms with Crippen LogP contribution in [0, 0.1) is 6.92 Å². The number of benzene rings is 1. The van der Waals surface area contributed by atoms with Crippen LogP contribution < -0.4 is 10.6 Å². The van der Waals surface area contributed by atoms with Crippen molar-refractivity contribution in [2.45, 2.75) is 38.5 Å². The lowest BCUT2D eigenvalue weighted by Gasteiger charge is -2.28. The molecule has 202 valence electrons. The van der Waals surface area contributed by atoms with E-state index in [1.165, 1.54) is 6.20 Å². The van der Waals surface area contributed by atoms with E-state index < -0.39 is 23.9 Å². The molecule has 1 aromatic carbocycles. The van der Waals surface area contributed by atoms with Crippen molar-refractivity contribution in [3.05, 3.63) is 69.7 Å². The fourth-order valence-corrected chi connectivity index (χ4v) is 5.03. The molecule has 8 nitrogen and oxygen atoms in total. The highest BCUT2D eigenvalue weighted by Gasteiger charge is 2.33. The van der Waals surface area contributed by atoms with E-state index in [1.54, 1.807) is 31.2 Å². The Morgan fingerprint density at radius 2 is 1.92 bits per heavy atom. The number of nitrogens with zero attached hydrogens (tertiary/aromatic N) is 4. The molecule has 13 heteroatoms. The van der Waals surface area contributed by atoms with Crippen LogP contribution in [-0.4, -0.2) is 63.4 Å². The molecule has 4 rings (SSSR count). The summed E-state index contributed by atoms with van der Waals surface area (Å²) in [7, 11) is 0. The molecule has 1 aliphatic heterocycles. The van der Waals surface area contributed by atoms with Gasteiger partial charge in [0.1, 0.15) is 6.17 Å². The Morgan fingerprint density at radius 1 is 1.16 bits per heavy atom. The van der Waals surface area contributed by atoms with Gasteiger partial charge in [0.2, 0.25) is 0 Å². The second kappa shape index (κ2) is 11.9. The Kier molecular flexibility index (Phi) is 8.67. The van der Waals surface area contributed by atoms with Crippen molar-refractivity contribution in [2.24, 2.45) is 0 Å². The molecule has 0 radical (unpaired) electrons. The zero-order chi connectivity index (χ0) is 27.3. The molecule has 1 atom stereocenters. The second-order valence-corrected chi connectivity index (χ2v) is 9.82. The maximum atomic E-state index is 13.5. The number of hydrogen-bond acceptors (Lipinski definition) is 7. The molecular weight excluding hydrogens is 524 g/mol. The maximum Gasteiger partial charge on any atom is 0.434 e. The highest BCUT2D eigenvalue weighted by molar-refractivity contribution is 7.06. The summed E-state index contributed by atoms with van der Waals surface area (Å²) in [6.45, 7) is 3.81. The highest BCUT2D eigenvalue weighted by Crippen LogP contribution is 2.28. The van der Waals surface area contributed by atoms with Gasteiger partial charge >= 0.3 is 6.18 Å². The van der Waals surface area contributed by atoms with E-state index in [0.717, 1.165) is 24.5 Å². The Morgan fingerprint density at radius 3 is 2.63 bits per heavy atom. The fourth-order valence-electron chi connectivity index (χ4n) is 4.15. The van der Waals surface area contributed by atoms with Crippen molar-refractivity contribution in [1.82, 2.24) is 24.6 Å². The predicted octanol–water partition coefficient (Wildman–Crippen LogP) is 4.27. The van der Waals surface area contributed by atoms with Crippen LogP contribution in [0.5, 0.6) is 0 Å². The largest absolute Gasteiger partial charge is 0.434 e. The molecule has 1 saturated heterocycles. The van der Waals surface area contributed by atoms with Gasteiger partial charge in [-0.3, -0.25) is 19.5 Å². The number of likely N-dealkylation sites (tertiary alicyclic amines) is 1. The van der Waals surface area contributed by atoms with Crippen LogP contribution >= 0.6 is 11.5 Å². The lowest BCUT2D eigenvalue weighted by Crippen LogP contribution is -2.41. The molecule has 1 unspecified atom stereocenters. The fraction of sp³-hybridized carbons (Fsp3) is 0.400. The monoisotopic (exact) mass is 550 g/mol. The number of aromatic nitrogens is 3. The van der Waals surface area contributed by atoms with Crippen LogP contribution in [0.3, 0.4) is 0 Å². The zero-order valence-corrected chi connectivity index (χ0v) is 21.3. The zero-order valence-electron chi connectivity index (χ0n) is 20.5. The summed E-state index contributed by atoms with van der Waals surface area (Å²) in [5.74, 6) is -0.755. The number of alkyl halides is 4. The van der Waals surface area contributed by atoms with Crippen LogP contribution in [0.25, 0.3) is 0 Å². The first kappa shape index (κ1) is 27.6. The minimum Gasteiger partial charge on any atom is -0.351 e. The van der Waals surface area contributed by atoms with Crippen molar-refractivity contribution < 1.29 is 27.2 Å². The molecule has 3 aromatic rings. The molecule has 0 spiro atoms. The second-order valence-electron chi connectivity index (χ2n) is 8.96. The van der Waals surface area contributed by atoms with Crippen molar-refractivity contribution in [3.8, 4) is 0 Å². The summed E-state index contributed by atoms with van der Waals surface area (Å²) in [6.07, 6.45) is -2.21. The highest BCUT2D eigenvalue weighted by atomic mass is 32.1. The summed E-state index contributed by atoms with van der Waals surface area (Å²) in [5.41, 5.74) is 0.492. The number of anilines is 1. The predicted molar refractivity (Wildman–Crippen MR) is 134 cm³/mol. The number of amides is 2. The number of nitrogens with one attached hydrogen (secondary N) is 2. The molecule has 0 aliphatic carbocycles. The van der Waals surface area contributed by atoms with Crippen LogP contribution in [0.1, 0.15) is 55.5 Å². The number of hydrogen-bond donors (Lipinski definition) is 2. The SMILES string of the molecule is Cc1nsc(Cc2cncc(C(F)(F)F)n2)c1C(=O)Nc1ccc(C(=O)NCCN2CCCC(F)C2)cc1. The standard InChI is InChI=1S/C25H26F4N6O2S/c1-15-22(20(38-34-15)11-19-12-30-13-21(32-19)25(27,28)29)24(37)33-18-6-4-16(5-7-18)23(36)31-8-10-35-9-2-3-17(26)14-35/h4-7,12-13,17H,2-3,8-11,14H2,1H3,(H,31,36)(H,33,37). The number of piperidine rings is 1. The summed E-state index contributed by atoms with van der Waals surface area (Å²) >= 11 is 1.01. The van der Waals surface area contributed by atoms with Gasteiger partial charge in [0.25, 0.3) is 11.8 Å². The third kappa shape index (κ3) is 7.10. The number of rotatable bonds is 8. The summed E-state index contributed by atoms with van der Waals surface area (Å²) < 4.78 is 56.6. The van der Waals surface area contributed by atoms with Gasteiger partial charge in [0, 0.05) is 48.4 Å². The normalized spacial score (nSPS) is 16.3. The average Bonchev–Trinajstić information content (AvgIpc) is 3.24. The third-order valence-electron chi connectivity index (χ3n) is 6.04. The van der Waals surface area contributed by atoms with Crippen molar-refractivity contribution in [2.75, 3.05) is 31.5 Å². The topological polar surface area (TPSA) is 100 Å². The average molecular weight is 551 g/mol. The molecule has 0 bridgehead atoms. The van der Waals surface area contributed by atoms with E-state index in [9.17, 15) is 27.2 Å². The molecule has 38 heavy (non-hydrogen) atoms. The van der Waals surface area contributed by atoms with Crippen LogP contribution in [-0.2, 0) is 12.6 Å². The minimum atomic E-state index is -4.62. The molecule has 1 fully saturated rings. The number of carbonyl (C=O) groups excluding carboxylic acids is 2. The molecule has 0 saturated carbocycles. The Balaban J connectivity index is 1.35. The van der Waals surface area contributed by atoms with E-state index in [-0.39, 0.29) is 23.6 Å². The van der Waals surface area contributed by atoms with E-state index >= 15 is 0 Å². The van der Waals surface area contributed by atoms with Crippen LogP contribution in [0.2, 0.25) is 0 Å². The number of halogens is 4. The molecule has 3 heterocycles. The maximum absolute atomic E-state index is 13.5.